The summed E-state index contributed by atoms with van der Waals surface area (Å²) in [6.45, 7) is 0. The van der Waals surface area contributed by atoms with Crippen LogP contribution in [0.25, 0.3) is 66.8 Å². The maximum atomic E-state index is 6.39. The summed E-state index contributed by atoms with van der Waals surface area (Å²) in [5, 5.41) is 10.0. The minimum Gasteiger partial charge on any atom is -0.456 e. The third-order valence-corrected chi connectivity index (χ3v) is 9.24. The summed E-state index contributed by atoms with van der Waals surface area (Å²) in [6, 6.07) is 52.8. The fourth-order valence-corrected chi connectivity index (χ4v) is 7.15. The molecular weight excluding hydrogens is 520 g/mol. The zero-order valence-corrected chi connectivity index (χ0v) is 23.6. The smallest absolute Gasteiger partial charge is 0.135 e. The van der Waals surface area contributed by atoms with E-state index >= 15 is 0 Å². The number of benzene rings is 7. The van der Waals surface area contributed by atoms with E-state index in [-0.39, 0.29) is 11.8 Å². The predicted octanol–water partition coefficient (Wildman–Crippen LogP) is 9.70. The van der Waals surface area contributed by atoms with E-state index < -0.39 is 0 Å². The van der Waals surface area contributed by atoms with Crippen LogP contribution in [0.3, 0.4) is 0 Å². The Labute approximate surface area is 249 Å². The van der Waals surface area contributed by atoms with Crippen molar-refractivity contribution in [1.82, 2.24) is 0 Å². The molecule has 0 saturated carbocycles. The molecule has 1 aliphatic rings. The highest BCUT2D eigenvalue weighted by Crippen LogP contribution is 2.41. The lowest BCUT2D eigenvalue weighted by atomic mass is 9.77. The van der Waals surface area contributed by atoms with Gasteiger partial charge in [0.2, 0.25) is 0 Å². The lowest BCUT2D eigenvalue weighted by Gasteiger charge is -2.26. The molecule has 0 fully saturated rings. The fraction of sp³-hybridized carbons (Fsp3) is 0.0476. The van der Waals surface area contributed by atoms with E-state index in [4.69, 9.17) is 4.42 Å². The summed E-state index contributed by atoms with van der Waals surface area (Å²) in [4.78, 5) is 0. The Hall–Kier alpha value is -5.40. The van der Waals surface area contributed by atoms with Crippen LogP contribution in [0.4, 0.5) is 0 Å². The molecule has 1 aromatic heterocycles. The van der Waals surface area contributed by atoms with Crippen molar-refractivity contribution in [2.24, 2.45) is 0 Å². The molecule has 7 aromatic carbocycles. The van der Waals surface area contributed by atoms with E-state index in [1.807, 2.05) is 0 Å². The first kappa shape index (κ1) is 24.2. The number of furan rings is 1. The molecular formula is C42H28O. The molecule has 1 heteroatoms. The van der Waals surface area contributed by atoms with Crippen molar-refractivity contribution >= 4 is 55.6 Å². The van der Waals surface area contributed by atoms with Crippen LogP contribution in [-0.2, 0) is 0 Å². The third kappa shape index (κ3) is 3.93. The van der Waals surface area contributed by atoms with Crippen LogP contribution in [0.5, 0.6) is 0 Å². The standard InChI is InChI=1S/C42H28O/c1-2-10-27(11-3-1)36-22-28-12-4-5-13-29(28)23-38(36)32-19-21-42-40(26-32)39-25-31(18-20-41(39)43-42)37-24-30-14-6-7-15-33(30)34-16-8-9-17-35(34)37/h1-26,36,38H. The summed E-state index contributed by atoms with van der Waals surface area (Å²) in [5.74, 6) is 0.477. The second kappa shape index (κ2) is 9.58. The molecule has 0 bridgehead atoms. The molecule has 43 heavy (non-hydrogen) atoms. The van der Waals surface area contributed by atoms with Crippen LogP contribution in [0, 0.1) is 0 Å². The molecule has 202 valence electrons. The van der Waals surface area contributed by atoms with Crippen molar-refractivity contribution in [1.29, 1.82) is 0 Å². The normalized spacial score (nSPS) is 16.3. The number of rotatable bonds is 3. The molecule has 0 amide bonds. The van der Waals surface area contributed by atoms with Crippen LogP contribution in [0.1, 0.15) is 23.0 Å². The van der Waals surface area contributed by atoms with Gasteiger partial charge in [-0.05, 0) is 84.6 Å². The van der Waals surface area contributed by atoms with E-state index in [2.05, 4.69) is 158 Å². The summed E-state index contributed by atoms with van der Waals surface area (Å²) in [6.07, 6.45) is 4.89. The summed E-state index contributed by atoms with van der Waals surface area (Å²) in [7, 11) is 0. The van der Waals surface area contributed by atoms with Gasteiger partial charge >= 0.3 is 0 Å². The maximum absolute atomic E-state index is 6.39. The molecule has 1 aliphatic carbocycles. The van der Waals surface area contributed by atoms with Gasteiger partial charge in [-0.25, -0.2) is 0 Å². The monoisotopic (exact) mass is 548 g/mol. The van der Waals surface area contributed by atoms with Gasteiger partial charge in [0.1, 0.15) is 11.2 Å². The second-order valence-electron chi connectivity index (χ2n) is 11.7. The largest absolute Gasteiger partial charge is 0.456 e. The van der Waals surface area contributed by atoms with Crippen molar-refractivity contribution in [3.63, 3.8) is 0 Å². The molecule has 1 heterocycles. The van der Waals surface area contributed by atoms with E-state index in [0.717, 1.165) is 16.6 Å². The Kier molecular flexibility index (Phi) is 5.39. The Bertz CT molecular complexity index is 2460. The minimum absolute atomic E-state index is 0.222. The van der Waals surface area contributed by atoms with Gasteiger partial charge in [0.05, 0.1) is 0 Å². The second-order valence-corrected chi connectivity index (χ2v) is 11.7. The molecule has 0 aliphatic heterocycles. The summed E-state index contributed by atoms with van der Waals surface area (Å²) in [5.41, 5.74) is 6.94. The average Bonchev–Trinajstić information content (AvgIpc) is 3.45. The number of hydrogen-bond acceptors (Lipinski definition) is 1. The van der Waals surface area contributed by atoms with Crippen LogP contribution in [0.15, 0.2) is 150 Å². The molecule has 1 nitrogen and oxygen atoms in total. The predicted molar refractivity (Wildman–Crippen MR) is 181 cm³/mol. The zero-order chi connectivity index (χ0) is 28.3. The molecule has 0 spiro atoms. The quantitative estimate of drug-likeness (QED) is 0.200. The molecule has 9 rings (SSSR count). The first-order valence-electron chi connectivity index (χ1n) is 15.0. The van der Waals surface area contributed by atoms with E-state index in [1.54, 1.807) is 0 Å². The Morgan fingerprint density at radius 2 is 1.00 bits per heavy atom. The zero-order valence-electron chi connectivity index (χ0n) is 23.6. The van der Waals surface area contributed by atoms with Crippen LogP contribution in [0.2, 0.25) is 0 Å². The summed E-state index contributed by atoms with van der Waals surface area (Å²) >= 11 is 0. The lowest BCUT2D eigenvalue weighted by molar-refractivity contribution is 0.668. The average molecular weight is 549 g/mol. The van der Waals surface area contributed by atoms with Crippen molar-refractivity contribution in [3.8, 4) is 11.1 Å². The maximum Gasteiger partial charge on any atom is 0.135 e. The van der Waals surface area contributed by atoms with Gasteiger partial charge in [0.15, 0.2) is 0 Å². The van der Waals surface area contributed by atoms with Crippen LogP contribution < -0.4 is 10.4 Å². The highest BCUT2D eigenvalue weighted by Gasteiger charge is 2.24. The van der Waals surface area contributed by atoms with Crippen LogP contribution >= 0.6 is 0 Å². The van der Waals surface area contributed by atoms with Crippen molar-refractivity contribution in [3.05, 3.63) is 167 Å². The molecule has 8 aromatic rings. The first-order chi connectivity index (χ1) is 21.3. The number of fused-ring (bicyclic) bond motifs is 7. The lowest BCUT2D eigenvalue weighted by Crippen LogP contribution is -2.31. The Morgan fingerprint density at radius 3 is 1.79 bits per heavy atom. The van der Waals surface area contributed by atoms with E-state index in [0.29, 0.717) is 0 Å². The Morgan fingerprint density at radius 1 is 0.395 bits per heavy atom. The van der Waals surface area contributed by atoms with Gasteiger partial charge in [-0.15, -0.1) is 0 Å². The van der Waals surface area contributed by atoms with Gasteiger partial charge in [-0.1, -0.05) is 127 Å². The van der Waals surface area contributed by atoms with E-state index in [1.165, 1.54) is 59.6 Å². The van der Waals surface area contributed by atoms with Gasteiger partial charge in [0.25, 0.3) is 0 Å². The molecule has 0 N–H and O–H groups in total. The first-order valence-corrected chi connectivity index (χ1v) is 15.0. The van der Waals surface area contributed by atoms with Crippen molar-refractivity contribution < 1.29 is 4.42 Å². The Balaban J connectivity index is 1.24. The highest BCUT2D eigenvalue weighted by atomic mass is 16.3. The van der Waals surface area contributed by atoms with Gasteiger partial charge in [-0.2, -0.15) is 0 Å². The minimum atomic E-state index is 0.222. The van der Waals surface area contributed by atoms with Crippen molar-refractivity contribution in [2.45, 2.75) is 11.8 Å². The van der Waals surface area contributed by atoms with Gasteiger partial charge in [-0.3, -0.25) is 0 Å². The van der Waals surface area contributed by atoms with Gasteiger partial charge < -0.3 is 4.42 Å². The highest BCUT2D eigenvalue weighted by molar-refractivity contribution is 6.15. The molecule has 2 atom stereocenters. The SMILES string of the molecule is C1=c2ccccc2=CC(c2ccc3oc4ccc(-c5cc6ccccc6c6ccccc56)cc4c3c2)C1c1ccccc1. The van der Waals surface area contributed by atoms with Crippen molar-refractivity contribution in [2.75, 3.05) is 0 Å². The molecule has 2 unspecified atom stereocenters. The van der Waals surface area contributed by atoms with E-state index in [9.17, 15) is 0 Å². The molecule has 0 saturated heterocycles. The van der Waals surface area contributed by atoms with Gasteiger partial charge in [0, 0.05) is 22.6 Å². The third-order valence-electron chi connectivity index (χ3n) is 9.24. The number of hydrogen-bond donors (Lipinski definition) is 0. The topological polar surface area (TPSA) is 13.1 Å². The fourth-order valence-electron chi connectivity index (χ4n) is 7.15. The van der Waals surface area contributed by atoms with Crippen LogP contribution in [-0.4, -0.2) is 0 Å². The molecule has 0 radical (unpaired) electrons. The summed E-state index contributed by atoms with van der Waals surface area (Å²) < 4.78 is 6.39.